The van der Waals surface area contributed by atoms with Crippen molar-refractivity contribution in [3.63, 3.8) is 0 Å². The van der Waals surface area contributed by atoms with Crippen LogP contribution >= 0.6 is 15.8 Å². The predicted molar refractivity (Wildman–Crippen MR) is 258 cm³/mol. The van der Waals surface area contributed by atoms with Crippen LogP contribution in [0.5, 0.6) is 0 Å². The van der Waals surface area contributed by atoms with Gasteiger partial charge in [-0.1, -0.05) is 148 Å². The summed E-state index contributed by atoms with van der Waals surface area (Å²) >= 11 is 6.24. The third-order valence-electron chi connectivity index (χ3n) is 8.77. The number of hydrogen-bond acceptors (Lipinski definition) is 4. The van der Waals surface area contributed by atoms with Crippen LogP contribution in [0.1, 0.15) is 41.5 Å². The van der Waals surface area contributed by atoms with Crippen LogP contribution in [0.3, 0.4) is 0 Å². The van der Waals surface area contributed by atoms with Crippen molar-refractivity contribution >= 4 is 112 Å². The number of hydrogen-bond donors (Lipinski definition) is 0. The SMILES string of the molecule is CCP(CC)CC.CCP(CC)CC.[Fe+2].[Fe+3].[Fe+3].[Mo+2].[S-2].[S-2].[S-2].[S-2].[S-][Si](c1ccccc1)(c1ccccc1)c1ccccc1.c1cnn([BH-](n2cccn2)n2cccn2)c1. The summed E-state index contributed by atoms with van der Waals surface area (Å²) in [5.74, 6) is 0. The van der Waals surface area contributed by atoms with E-state index in [1.807, 2.05) is 68.8 Å². The van der Waals surface area contributed by atoms with E-state index in [-0.39, 0.29) is 126 Å². The monoisotopic (exact) mass is 1130 g/mol. The summed E-state index contributed by atoms with van der Waals surface area (Å²) < 4.78 is 5.62. The first-order chi connectivity index (χ1) is 24.5. The molecule has 3 heterocycles. The van der Waals surface area contributed by atoms with Crippen LogP contribution in [0.4, 0.5) is 0 Å². The third-order valence-corrected chi connectivity index (χ3v) is 19.7. The Bertz CT molecular complexity index is 1480. The first-order valence-corrected chi connectivity index (χ1v) is 24.9. The summed E-state index contributed by atoms with van der Waals surface area (Å²) in [5.41, 5.74) is 0. The molecule has 6 rings (SSSR count). The molecule has 0 N–H and O–H groups in total. The minimum Gasteiger partial charge on any atom is -2.00 e. The Morgan fingerprint density at radius 3 is 0.845 bits per heavy atom. The maximum Gasteiger partial charge on any atom is 3.00 e. The van der Waals surface area contributed by atoms with Gasteiger partial charge in [0.2, 0.25) is 0 Å². The molecule has 0 saturated carbocycles. The van der Waals surface area contributed by atoms with Crippen LogP contribution in [0.2, 0.25) is 0 Å². The fraction of sp³-hybridized carbons (Fsp3) is 0.308. The van der Waals surface area contributed by atoms with Crippen molar-refractivity contribution in [3.05, 3.63) is 146 Å². The molecular formula is C39H55BFe3MoN6P2S5Si. The zero-order valence-electron chi connectivity index (χ0n) is 33.9. The minimum absolute atomic E-state index is 0. The van der Waals surface area contributed by atoms with Gasteiger partial charge in [0.25, 0.3) is 0 Å². The van der Waals surface area contributed by atoms with E-state index in [9.17, 15) is 0 Å². The Hall–Kier alpha value is 0.429. The molecule has 58 heavy (non-hydrogen) atoms. The van der Waals surface area contributed by atoms with Gasteiger partial charge < -0.3 is 79.8 Å². The molecule has 3 aromatic carbocycles. The Labute approximate surface area is 433 Å². The van der Waals surface area contributed by atoms with Gasteiger partial charge in [-0.2, -0.15) is 0 Å². The molecule has 0 atom stereocenters. The van der Waals surface area contributed by atoms with E-state index in [1.165, 1.54) is 52.5 Å². The molecule has 2 radical (unpaired) electrons. The van der Waals surface area contributed by atoms with E-state index < -0.39 is 14.3 Å². The molecule has 0 aliphatic carbocycles. The second kappa shape index (κ2) is 41.4. The van der Waals surface area contributed by atoms with E-state index in [4.69, 9.17) is 12.1 Å². The van der Waals surface area contributed by atoms with Crippen molar-refractivity contribution in [2.75, 3.05) is 37.0 Å². The predicted octanol–water partition coefficient (Wildman–Crippen LogP) is 7.17. The topological polar surface area (TPSA) is 53.5 Å². The summed E-state index contributed by atoms with van der Waals surface area (Å²) in [6.07, 6.45) is 19.5. The van der Waals surface area contributed by atoms with Crippen LogP contribution < -0.4 is 15.6 Å². The maximum atomic E-state index is 6.24. The van der Waals surface area contributed by atoms with Crippen molar-refractivity contribution < 1.29 is 72.3 Å². The van der Waals surface area contributed by atoms with Gasteiger partial charge in [-0.15, -0.1) is 15.8 Å². The maximum absolute atomic E-state index is 6.24. The van der Waals surface area contributed by atoms with Crippen molar-refractivity contribution in [1.82, 2.24) is 29.1 Å². The molecule has 19 heteroatoms. The van der Waals surface area contributed by atoms with Crippen LogP contribution in [0.25, 0.3) is 0 Å². The second-order valence-corrected chi connectivity index (χ2v) is 23.0. The van der Waals surface area contributed by atoms with E-state index in [0.717, 1.165) is 0 Å². The summed E-state index contributed by atoms with van der Waals surface area (Å²) in [6.45, 7) is 13.7. The van der Waals surface area contributed by atoms with Crippen LogP contribution in [-0.2, 0) is 138 Å². The molecule has 6 nitrogen and oxygen atoms in total. The number of aromatic nitrogens is 6. The fourth-order valence-corrected chi connectivity index (χ4v) is 12.6. The van der Waals surface area contributed by atoms with E-state index in [1.54, 1.807) is 18.6 Å². The van der Waals surface area contributed by atoms with Crippen LogP contribution in [0, 0.1) is 0 Å². The molecule has 318 valence electrons. The van der Waals surface area contributed by atoms with E-state index in [0.29, 0.717) is 15.8 Å². The Morgan fingerprint density at radius 2 is 0.690 bits per heavy atom. The minimum atomic E-state index is -2.29. The zero-order chi connectivity index (χ0) is 36.0. The van der Waals surface area contributed by atoms with Gasteiger partial charge >= 0.3 is 79.4 Å². The first-order valence-electron chi connectivity index (χ1n) is 17.9. The van der Waals surface area contributed by atoms with Gasteiger partial charge in [-0.05, 0) is 73.8 Å². The van der Waals surface area contributed by atoms with Gasteiger partial charge in [0.15, 0.2) is 0 Å². The smallest absolute Gasteiger partial charge is 2.00 e. The molecule has 0 fully saturated rings. The summed E-state index contributed by atoms with van der Waals surface area (Å²) in [7, 11) is -2.53. The second-order valence-electron chi connectivity index (χ2n) is 11.6. The zero-order valence-corrected chi connectivity index (χ0v) is 46.1. The van der Waals surface area contributed by atoms with Crippen LogP contribution in [-0.4, -0.2) is 80.4 Å². The van der Waals surface area contributed by atoms with E-state index >= 15 is 0 Å². The summed E-state index contributed by atoms with van der Waals surface area (Å²) in [5, 5.41) is 16.6. The standard InChI is InChI=1S/C18H15SSi.C9H10BN6.2C6H15P.3Fe.Mo.4S/c19-20(16-10-4-1-5-11-16,17-12-6-2-7-13-17)18-14-8-3-9-15-18;1-4-11-14(7-1)10(15-8-2-5-12-15)16-9-3-6-13-16;2*1-4-7(5-2)6-3;;;;;;;;/h1-15H;1-10H;2*4-6H2,1-3H3;;;;;;;;/q2*-1;;;+2;2*+3;+2;4*-2. The fourth-order valence-electron chi connectivity index (χ4n) is 5.71. The molecule has 0 aliphatic rings. The van der Waals surface area contributed by atoms with Crippen molar-refractivity contribution in [2.45, 2.75) is 41.5 Å². The molecule has 0 bridgehead atoms. The van der Waals surface area contributed by atoms with Gasteiger partial charge in [0.05, 0.1) is 0 Å². The van der Waals surface area contributed by atoms with E-state index in [2.05, 4.69) is 130 Å². The molecule has 0 aliphatic heterocycles. The number of rotatable bonds is 12. The summed E-state index contributed by atoms with van der Waals surface area (Å²) in [4.78, 5) is 0. The van der Waals surface area contributed by atoms with Gasteiger partial charge in [0.1, 0.15) is 0 Å². The van der Waals surface area contributed by atoms with Crippen molar-refractivity contribution in [3.8, 4) is 0 Å². The average Bonchev–Trinajstić information content (AvgIpc) is 4.02. The van der Waals surface area contributed by atoms with Crippen molar-refractivity contribution in [2.24, 2.45) is 0 Å². The van der Waals surface area contributed by atoms with Gasteiger partial charge in [-0.3, -0.25) is 0 Å². The Kier molecular flexibility index (Phi) is 50.1. The molecule has 0 spiro atoms. The van der Waals surface area contributed by atoms with Crippen LogP contribution in [0.15, 0.2) is 146 Å². The molecule has 3 aromatic heterocycles. The quantitative estimate of drug-likeness (QED) is 0.0565. The Morgan fingerprint density at radius 1 is 0.466 bits per heavy atom. The molecule has 0 amide bonds. The number of nitrogens with zero attached hydrogens (tertiary/aromatic N) is 6. The Balaban J connectivity index is -0.000000162. The van der Waals surface area contributed by atoms with Gasteiger partial charge in [-0.25, -0.2) is 15.3 Å². The average molecular weight is 1130 g/mol. The van der Waals surface area contributed by atoms with Crippen molar-refractivity contribution in [1.29, 1.82) is 0 Å². The number of benzene rings is 3. The summed E-state index contributed by atoms with van der Waals surface area (Å²) in [6, 6.07) is 37.3. The van der Waals surface area contributed by atoms with Gasteiger partial charge in [0, 0.05) is 25.8 Å². The largest absolute Gasteiger partial charge is 3.00 e. The molecule has 0 unspecified atom stereocenters. The molecule has 6 aromatic rings. The third kappa shape index (κ3) is 22.7. The molecular weight excluding hydrogens is 1080 g/mol. The molecule has 0 saturated heterocycles. The first kappa shape index (κ1) is 70.1. The normalized spacial score (nSPS) is 9.41.